The summed E-state index contributed by atoms with van der Waals surface area (Å²) in [6.07, 6.45) is 1.48. The van der Waals surface area contributed by atoms with Crippen molar-refractivity contribution >= 4 is 51.6 Å². The first-order chi connectivity index (χ1) is 27.6. The zero-order valence-electron chi connectivity index (χ0n) is 34.8. The third-order valence-electron chi connectivity index (χ3n) is 10.9. The number of fused-ring (bicyclic) bond motifs is 8. The van der Waals surface area contributed by atoms with Crippen molar-refractivity contribution in [3.63, 3.8) is 0 Å². The standard InChI is InChI=1S/C45H53N5O8/c1-10-26-28-20-33-45(7,8)23-31(48-33)41(56-9)40-38(43(55)58-13-4)27(11-2)29(50-40)21-32-44(5,6)22-30(47-32)36(39(49-28)37(26)42(54)57-12-3)24-15-14-16-25(19-24)46-34(51)17-18-35(52)53/h14-16,19-21,49-50H,10-13,17-18,22-23H2,1-9H3,(H,46,51)(H,52,53). The van der Waals surface area contributed by atoms with Gasteiger partial charge >= 0.3 is 17.9 Å². The van der Waals surface area contributed by atoms with Crippen molar-refractivity contribution in [2.24, 2.45) is 0 Å². The zero-order valence-corrected chi connectivity index (χ0v) is 34.8. The molecule has 13 nitrogen and oxygen atoms in total. The second-order valence-electron chi connectivity index (χ2n) is 15.9. The molecule has 0 fully saturated rings. The highest BCUT2D eigenvalue weighted by atomic mass is 16.5. The number of anilines is 1. The summed E-state index contributed by atoms with van der Waals surface area (Å²) in [4.78, 5) is 69.6. The maximum absolute atomic E-state index is 14.1. The van der Waals surface area contributed by atoms with Gasteiger partial charge in [-0.25, -0.2) is 9.59 Å². The van der Waals surface area contributed by atoms with E-state index in [1.54, 1.807) is 39.2 Å². The molecule has 0 radical (unpaired) electrons. The summed E-state index contributed by atoms with van der Waals surface area (Å²) in [5.41, 5.74) is 8.28. The minimum atomic E-state index is -1.06. The van der Waals surface area contributed by atoms with Gasteiger partial charge in [-0.1, -0.05) is 53.7 Å². The Morgan fingerprint density at radius 2 is 1.29 bits per heavy atom. The van der Waals surface area contributed by atoms with E-state index in [4.69, 9.17) is 29.3 Å². The van der Waals surface area contributed by atoms with Gasteiger partial charge in [0.1, 0.15) is 0 Å². The molecule has 2 aliphatic rings. The number of carboxylic acids is 1. The largest absolute Gasteiger partial charge is 0.493 e. The number of ether oxygens (including phenoxy) is 3. The molecule has 0 unspecified atom stereocenters. The van der Waals surface area contributed by atoms with E-state index >= 15 is 0 Å². The van der Waals surface area contributed by atoms with Crippen LogP contribution in [0.5, 0.6) is 5.75 Å². The summed E-state index contributed by atoms with van der Waals surface area (Å²) in [5.74, 6) is -2.00. The van der Waals surface area contributed by atoms with Crippen LogP contribution in [0.4, 0.5) is 5.69 Å². The molecule has 0 saturated heterocycles. The van der Waals surface area contributed by atoms with Gasteiger partial charge in [0.25, 0.3) is 0 Å². The fourth-order valence-corrected chi connectivity index (χ4v) is 8.02. The number of H-pyrrole nitrogens is 2. The minimum absolute atomic E-state index is 0.166. The summed E-state index contributed by atoms with van der Waals surface area (Å²) in [6, 6.07) is 11.2. The second-order valence-corrected chi connectivity index (χ2v) is 15.9. The van der Waals surface area contributed by atoms with Crippen LogP contribution in [0.15, 0.2) is 36.4 Å². The molecule has 306 valence electrons. The number of hydrogen-bond donors (Lipinski definition) is 4. The molecule has 0 atom stereocenters. The summed E-state index contributed by atoms with van der Waals surface area (Å²) >= 11 is 0. The van der Waals surface area contributed by atoms with Crippen LogP contribution in [0.25, 0.3) is 33.2 Å². The lowest BCUT2D eigenvalue weighted by molar-refractivity contribution is -0.138. The van der Waals surface area contributed by atoms with Crippen molar-refractivity contribution in [1.82, 2.24) is 19.9 Å². The van der Waals surface area contributed by atoms with Gasteiger partial charge in [0.15, 0.2) is 5.75 Å². The zero-order chi connectivity index (χ0) is 42.1. The molecule has 1 aromatic carbocycles. The Bertz CT molecular complexity index is 2470. The number of carboxylic acid groups (broad SMARTS) is 1. The molecule has 5 heterocycles. The number of nitrogens with zero attached hydrogens (tertiary/aromatic N) is 2. The van der Waals surface area contributed by atoms with Gasteiger partial charge in [-0.15, -0.1) is 0 Å². The van der Waals surface area contributed by atoms with Gasteiger partial charge in [-0.2, -0.15) is 0 Å². The van der Waals surface area contributed by atoms with Crippen LogP contribution in [0.2, 0.25) is 0 Å². The van der Waals surface area contributed by atoms with Gasteiger partial charge in [0.2, 0.25) is 5.91 Å². The number of aromatic amines is 2. The number of methoxy groups -OCH3 is 1. The molecule has 0 spiro atoms. The summed E-state index contributed by atoms with van der Waals surface area (Å²) < 4.78 is 17.5. The Balaban J connectivity index is 1.83. The van der Waals surface area contributed by atoms with Crippen LogP contribution in [0.3, 0.4) is 0 Å². The highest BCUT2D eigenvalue weighted by molar-refractivity contribution is 6.07. The fourth-order valence-electron chi connectivity index (χ4n) is 8.02. The summed E-state index contributed by atoms with van der Waals surface area (Å²) in [7, 11) is 1.58. The van der Waals surface area contributed by atoms with E-state index in [-0.39, 0.29) is 26.1 Å². The smallest absolute Gasteiger partial charge is 0.340 e. The van der Waals surface area contributed by atoms with Crippen LogP contribution < -0.4 is 10.1 Å². The van der Waals surface area contributed by atoms with Gasteiger partial charge < -0.3 is 34.6 Å². The quantitative estimate of drug-likeness (QED) is 0.102. The first kappa shape index (κ1) is 41.6. The lowest BCUT2D eigenvalue weighted by Gasteiger charge is -2.17. The van der Waals surface area contributed by atoms with Crippen molar-refractivity contribution in [2.75, 3.05) is 25.6 Å². The highest BCUT2D eigenvalue weighted by Gasteiger charge is 2.35. The Kier molecular flexibility index (Phi) is 11.8. The normalized spacial score (nSPS) is 14.2. The molecule has 8 bridgehead atoms. The fraction of sp³-hybridized carbons (Fsp3) is 0.422. The number of rotatable bonds is 12. The molecule has 1 amide bonds. The van der Waals surface area contributed by atoms with Crippen LogP contribution in [-0.4, -0.2) is 69.2 Å². The number of aromatic nitrogens is 4. The molecule has 2 aliphatic heterocycles. The predicted octanol–water partition coefficient (Wildman–Crippen LogP) is 8.31. The Labute approximate surface area is 338 Å². The van der Waals surface area contributed by atoms with Crippen LogP contribution >= 0.6 is 0 Å². The van der Waals surface area contributed by atoms with E-state index in [1.165, 1.54) is 0 Å². The molecule has 0 saturated carbocycles. The Morgan fingerprint density at radius 3 is 1.83 bits per heavy atom. The van der Waals surface area contributed by atoms with Crippen molar-refractivity contribution < 1.29 is 38.5 Å². The van der Waals surface area contributed by atoms with Gasteiger partial charge in [-0.05, 0) is 67.6 Å². The maximum atomic E-state index is 14.1. The van der Waals surface area contributed by atoms with Crippen molar-refractivity contribution in [3.05, 3.63) is 81.4 Å². The van der Waals surface area contributed by atoms with Crippen LogP contribution in [0.1, 0.15) is 123 Å². The number of nitrogens with one attached hydrogen (secondary N) is 3. The van der Waals surface area contributed by atoms with E-state index in [0.29, 0.717) is 92.8 Å². The first-order valence-electron chi connectivity index (χ1n) is 19.9. The van der Waals surface area contributed by atoms with E-state index in [2.05, 4.69) is 43.0 Å². The van der Waals surface area contributed by atoms with Crippen molar-refractivity contribution in [3.8, 4) is 16.9 Å². The lowest BCUT2D eigenvalue weighted by Crippen LogP contribution is -2.15. The third kappa shape index (κ3) is 7.94. The maximum Gasteiger partial charge on any atom is 0.340 e. The third-order valence-corrected chi connectivity index (χ3v) is 10.9. The first-order valence-corrected chi connectivity index (χ1v) is 19.9. The molecule has 4 aromatic rings. The number of aliphatic carboxylic acids is 1. The van der Waals surface area contributed by atoms with Crippen molar-refractivity contribution in [2.45, 2.75) is 105 Å². The van der Waals surface area contributed by atoms with Crippen LogP contribution in [0, 0.1) is 0 Å². The predicted molar refractivity (Wildman–Crippen MR) is 223 cm³/mol. The molecular weight excluding hydrogens is 739 g/mol. The number of amides is 1. The van der Waals surface area contributed by atoms with Gasteiger partial charge in [0.05, 0.1) is 60.3 Å². The second kappa shape index (κ2) is 16.5. The summed E-state index contributed by atoms with van der Waals surface area (Å²) in [5, 5.41) is 12.0. The van der Waals surface area contributed by atoms with Gasteiger partial charge in [-0.3, -0.25) is 19.6 Å². The molecular formula is C45H53N5O8. The summed E-state index contributed by atoms with van der Waals surface area (Å²) in [6.45, 7) is 16.3. The van der Waals surface area contributed by atoms with Crippen molar-refractivity contribution in [1.29, 1.82) is 0 Å². The molecule has 4 N–H and O–H groups in total. The topological polar surface area (TPSA) is 186 Å². The van der Waals surface area contributed by atoms with E-state index < -0.39 is 34.6 Å². The van der Waals surface area contributed by atoms with E-state index in [0.717, 1.165) is 22.5 Å². The highest BCUT2D eigenvalue weighted by Crippen LogP contribution is 2.42. The average molecular weight is 792 g/mol. The molecule has 3 aromatic heterocycles. The number of carbonyl (C=O) groups excluding carboxylic acids is 3. The Morgan fingerprint density at radius 1 is 0.759 bits per heavy atom. The number of aryl methyl sites for hydroxylation is 2. The number of hydrogen-bond acceptors (Lipinski definition) is 9. The molecule has 0 aliphatic carbocycles. The lowest BCUT2D eigenvalue weighted by atomic mass is 9.85. The minimum Gasteiger partial charge on any atom is -0.493 e. The average Bonchev–Trinajstić information content (AvgIpc) is 3.87. The molecule has 6 rings (SSSR count). The SMILES string of the molecule is CCOC(=O)c1c(CC)c2cc3nc(c(-c4cccc(NC(=O)CCC(=O)O)c4)c4[nH]c(cc5nc(c(OC)c1[nH]2)CC5(C)C)c(CC)c4C(=O)OCC)CC3(C)C. The number of benzene rings is 1. The number of carbonyl (C=O) groups is 4. The van der Waals surface area contributed by atoms with Gasteiger partial charge in [0, 0.05) is 63.8 Å². The van der Waals surface area contributed by atoms with E-state index in [9.17, 15) is 19.2 Å². The number of esters is 2. The monoisotopic (exact) mass is 791 g/mol. The van der Waals surface area contributed by atoms with E-state index in [1.807, 2.05) is 32.0 Å². The molecule has 58 heavy (non-hydrogen) atoms. The molecule has 13 heteroatoms. The van der Waals surface area contributed by atoms with Crippen LogP contribution in [-0.2, 0) is 55.6 Å². The Hall–Kier alpha value is -5.98.